The molecule has 1 aromatic rings. The van der Waals surface area contributed by atoms with Crippen molar-refractivity contribution in [3.63, 3.8) is 0 Å². The van der Waals surface area contributed by atoms with Crippen molar-refractivity contribution < 1.29 is 4.74 Å². The molecule has 0 amide bonds. The number of hydrogen-bond acceptors (Lipinski definition) is 3. The summed E-state index contributed by atoms with van der Waals surface area (Å²) in [5, 5.41) is 3.40. The lowest BCUT2D eigenvalue weighted by Crippen LogP contribution is -2.28. The average molecular weight is 233 g/mol. The Morgan fingerprint density at radius 3 is 3.12 bits per heavy atom. The first kappa shape index (κ1) is 10.1. The molecule has 0 spiro atoms. The van der Waals surface area contributed by atoms with Gasteiger partial charge in [-0.3, -0.25) is 0 Å². The second kappa shape index (κ2) is 3.56. The lowest BCUT2D eigenvalue weighted by molar-refractivity contribution is 0.0932. The highest BCUT2D eigenvalue weighted by molar-refractivity contribution is 5.22. The Morgan fingerprint density at radius 2 is 2.35 bits per heavy atom. The first-order chi connectivity index (χ1) is 8.33. The van der Waals surface area contributed by atoms with E-state index in [9.17, 15) is 0 Å². The van der Waals surface area contributed by atoms with Crippen LogP contribution in [0.4, 0.5) is 0 Å². The van der Waals surface area contributed by atoms with Gasteiger partial charge < -0.3 is 14.6 Å². The van der Waals surface area contributed by atoms with Gasteiger partial charge in [-0.1, -0.05) is 0 Å². The van der Waals surface area contributed by atoms with Crippen LogP contribution in [0.15, 0.2) is 0 Å². The van der Waals surface area contributed by atoms with Crippen molar-refractivity contribution in [2.75, 3.05) is 6.54 Å². The van der Waals surface area contributed by atoms with Crippen molar-refractivity contribution in [2.24, 2.45) is 0 Å². The molecule has 4 nitrogen and oxygen atoms in total. The Balaban J connectivity index is 1.75. The quantitative estimate of drug-likeness (QED) is 0.795. The molecule has 3 aliphatic rings. The van der Waals surface area contributed by atoms with E-state index in [1.807, 2.05) is 0 Å². The number of rotatable bonds is 1. The van der Waals surface area contributed by atoms with E-state index >= 15 is 0 Å². The fourth-order valence-electron chi connectivity index (χ4n) is 3.79. The number of hydrogen-bond donors (Lipinski definition) is 1. The summed E-state index contributed by atoms with van der Waals surface area (Å²) < 4.78 is 8.48. The van der Waals surface area contributed by atoms with Crippen molar-refractivity contribution in [3.05, 3.63) is 17.2 Å². The van der Waals surface area contributed by atoms with E-state index in [1.165, 1.54) is 36.5 Å². The van der Waals surface area contributed by atoms with Gasteiger partial charge in [-0.2, -0.15) is 0 Å². The van der Waals surface area contributed by atoms with Gasteiger partial charge in [0.2, 0.25) is 0 Å². The van der Waals surface area contributed by atoms with Gasteiger partial charge in [0.05, 0.1) is 23.9 Å². The monoisotopic (exact) mass is 233 g/mol. The number of fused-ring (bicyclic) bond motifs is 3. The maximum Gasteiger partial charge on any atom is 0.106 e. The van der Waals surface area contributed by atoms with Gasteiger partial charge in [0.25, 0.3) is 0 Å². The van der Waals surface area contributed by atoms with Crippen LogP contribution < -0.4 is 5.32 Å². The lowest BCUT2D eigenvalue weighted by Gasteiger charge is -2.25. The molecule has 2 bridgehead atoms. The fourth-order valence-corrected chi connectivity index (χ4v) is 3.79. The summed E-state index contributed by atoms with van der Waals surface area (Å²) >= 11 is 0. The van der Waals surface area contributed by atoms with Crippen LogP contribution in [0.2, 0.25) is 0 Å². The van der Waals surface area contributed by atoms with E-state index in [2.05, 4.69) is 16.8 Å². The van der Waals surface area contributed by atoms with Crippen LogP contribution in [0.1, 0.15) is 42.5 Å². The first-order valence-electron chi connectivity index (χ1n) is 6.75. The number of nitrogens with zero attached hydrogens (tertiary/aromatic N) is 2. The number of aromatic nitrogens is 2. The Bertz CT molecular complexity index is 454. The number of aryl methyl sites for hydroxylation is 1. The molecule has 4 heterocycles. The minimum Gasteiger partial charge on any atom is -0.373 e. The molecule has 1 N–H and O–H groups in total. The molecule has 3 atom stereocenters. The van der Waals surface area contributed by atoms with Crippen LogP contribution in [0, 0.1) is 6.92 Å². The van der Waals surface area contributed by atoms with Gasteiger partial charge >= 0.3 is 0 Å². The highest BCUT2D eigenvalue weighted by Crippen LogP contribution is 2.43. The van der Waals surface area contributed by atoms with Crippen LogP contribution in [0.5, 0.6) is 0 Å². The van der Waals surface area contributed by atoms with Crippen LogP contribution in [0.3, 0.4) is 0 Å². The molecule has 92 valence electrons. The van der Waals surface area contributed by atoms with Gasteiger partial charge in [-0.05, 0) is 26.2 Å². The van der Waals surface area contributed by atoms with E-state index < -0.39 is 0 Å². The lowest BCUT2D eigenvalue weighted by atomic mass is 9.94. The van der Waals surface area contributed by atoms with E-state index in [1.54, 1.807) is 0 Å². The molecule has 0 radical (unpaired) electrons. The highest BCUT2D eigenvalue weighted by Gasteiger charge is 2.43. The van der Waals surface area contributed by atoms with Crippen LogP contribution >= 0.6 is 0 Å². The topological polar surface area (TPSA) is 39.1 Å². The maximum atomic E-state index is 5.99. The normalized spacial score (nSPS) is 35.2. The van der Waals surface area contributed by atoms with Crippen molar-refractivity contribution >= 4 is 0 Å². The van der Waals surface area contributed by atoms with E-state index in [4.69, 9.17) is 9.72 Å². The smallest absolute Gasteiger partial charge is 0.106 e. The Labute approximate surface area is 101 Å². The third kappa shape index (κ3) is 1.40. The Hall–Kier alpha value is -0.870. The molecule has 2 fully saturated rings. The Morgan fingerprint density at radius 1 is 1.41 bits per heavy atom. The predicted molar refractivity (Wildman–Crippen MR) is 63.9 cm³/mol. The summed E-state index contributed by atoms with van der Waals surface area (Å²) in [6, 6.07) is 0.558. The van der Waals surface area contributed by atoms with E-state index in [0.717, 1.165) is 19.5 Å². The second-order valence-electron chi connectivity index (χ2n) is 5.53. The van der Waals surface area contributed by atoms with Crippen LogP contribution in [-0.2, 0) is 17.7 Å². The van der Waals surface area contributed by atoms with Crippen molar-refractivity contribution in [2.45, 2.75) is 57.4 Å². The summed E-state index contributed by atoms with van der Waals surface area (Å²) in [5.41, 5.74) is 2.72. The predicted octanol–water partition coefficient (Wildman–Crippen LogP) is 1.33. The van der Waals surface area contributed by atoms with E-state index in [0.29, 0.717) is 18.2 Å². The molecule has 4 heteroatoms. The molecule has 1 aromatic heterocycles. The van der Waals surface area contributed by atoms with Gasteiger partial charge in [0.1, 0.15) is 5.82 Å². The van der Waals surface area contributed by atoms with Crippen molar-refractivity contribution in [1.29, 1.82) is 0 Å². The Kier molecular flexibility index (Phi) is 2.11. The van der Waals surface area contributed by atoms with Crippen molar-refractivity contribution in [1.82, 2.24) is 14.9 Å². The van der Waals surface area contributed by atoms with Gasteiger partial charge in [-0.25, -0.2) is 4.98 Å². The number of nitrogens with one attached hydrogen (secondary N) is 1. The highest BCUT2D eigenvalue weighted by atomic mass is 16.5. The zero-order valence-corrected chi connectivity index (χ0v) is 10.3. The van der Waals surface area contributed by atoms with Gasteiger partial charge in [0, 0.05) is 25.2 Å². The second-order valence-corrected chi connectivity index (χ2v) is 5.53. The first-order valence-corrected chi connectivity index (χ1v) is 6.75. The third-order valence-electron chi connectivity index (χ3n) is 4.51. The molecular formula is C13H19N3O. The van der Waals surface area contributed by atoms with E-state index in [-0.39, 0.29) is 0 Å². The average Bonchev–Trinajstić information content (AvgIpc) is 2.99. The molecule has 4 rings (SSSR count). The molecule has 0 aromatic carbocycles. The van der Waals surface area contributed by atoms with Crippen LogP contribution in [-0.4, -0.2) is 28.3 Å². The molecule has 3 aliphatic heterocycles. The molecular weight excluding hydrogens is 214 g/mol. The zero-order valence-electron chi connectivity index (χ0n) is 10.3. The molecule has 0 aliphatic carbocycles. The van der Waals surface area contributed by atoms with Gasteiger partial charge in [0.15, 0.2) is 0 Å². The third-order valence-corrected chi connectivity index (χ3v) is 4.51. The summed E-state index contributed by atoms with van der Waals surface area (Å²) in [6.45, 7) is 4.16. The molecule has 2 saturated heterocycles. The summed E-state index contributed by atoms with van der Waals surface area (Å²) in [6.07, 6.45) is 5.78. The zero-order chi connectivity index (χ0) is 11.4. The largest absolute Gasteiger partial charge is 0.373 e. The minimum absolute atomic E-state index is 0.451. The maximum absolute atomic E-state index is 5.99. The minimum atomic E-state index is 0.451. The standard InChI is InChI=1S/C13H19N3O/c1-8-15-10-7-14-5-4-11(10)16(8)12-6-9-2-3-13(12)17-9/h9,12-14H,2-7H2,1H3. The fraction of sp³-hybridized carbons (Fsp3) is 0.769. The summed E-state index contributed by atoms with van der Waals surface area (Å²) in [7, 11) is 0. The summed E-state index contributed by atoms with van der Waals surface area (Å²) in [5.74, 6) is 1.18. The SMILES string of the molecule is Cc1nc2c(n1C1CC3CCC1O3)CCNC2. The molecule has 3 unspecified atom stereocenters. The van der Waals surface area contributed by atoms with Crippen LogP contribution in [0.25, 0.3) is 0 Å². The summed E-state index contributed by atoms with van der Waals surface area (Å²) in [4.78, 5) is 4.72. The number of ether oxygens (including phenoxy) is 1. The molecule has 17 heavy (non-hydrogen) atoms. The molecule has 0 saturated carbocycles. The van der Waals surface area contributed by atoms with Gasteiger partial charge in [-0.15, -0.1) is 0 Å². The number of imidazole rings is 1. The van der Waals surface area contributed by atoms with Crippen molar-refractivity contribution in [3.8, 4) is 0 Å².